The van der Waals surface area contributed by atoms with Crippen LogP contribution in [0.3, 0.4) is 0 Å². The SMILES string of the molecule is CCCNC(c1csc(C)n1)c1c(Cl)cnn1CCOC. The molecule has 0 bridgehead atoms. The third-order valence-corrected chi connectivity index (χ3v) is 4.23. The summed E-state index contributed by atoms with van der Waals surface area (Å²) >= 11 is 8.01. The van der Waals surface area contributed by atoms with Crippen LogP contribution in [0.1, 0.15) is 35.8 Å². The molecule has 0 saturated carbocycles. The molecular formula is C14H21ClN4OS. The van der Waals surface area contributed by atoms with Crippen LogP contribution in [0, 0.1) is 6.92 Å². The first kappa shape index (κ1) is 16.4. The van der Waals surface area contributed by atoms with Gasteiger partial charge in [0.1, 0.15) is 0 Å². The summed E-state index contributed by atoms with van der Waals surface area (Å²) in [5.41, 5.74) is 1.94. The van der Waals surface area contributed by atoms with E-state index in [1.165, 1.54) is 0 Å². The van der Waals surface area contributed by atoms with Crippen molar-refractivity contribution in [2.45, 2.75) is 32.9 Å². The molecule has 5 nitrogen and oxygen atoms in total. The van der Waals surface area contributed by atoms with Gasteiger partial charge in [0.25, 0.3) is 0 Å². The van der Waals surface area contributed by atoms with Crippen molar-refractivity contribution in [3.05, 3.63) is 33.0 Å². The molecule has 2 aromatic heterocycles. The average Bonchev–Trinajstić information content (AvgIpc) is 3.05. The number of thiazole rings is 1. The van der Waals surface area contributed by atoms with Crippen molar-refractivity contribution in [2.24, 2.45) is 0 Å². The minimum Gasteiger partial charge on any atom is -0.383 e. The van der Waals surface area contributed by atoms with Crippen LogP contribution in [0.5, 0.6) is 0 Å². The third kappa shape index (κ3) is 4.03. The van der Waals surface area contributed by atoms with E-state index >= 15 is 0 Å². The van der Waals surface area contributed by atoms with E-state index < -0.39 is 0 Å². The van der Waals surface area contributed by atoms with Gasteiger partial charge in [-0.05, 0) is 19.9 Å². The summed E-state index contributed by atoms with van der Waals surface area (Å²) < 4.78 is 7.04. The third-order valence-electron chi connectivity index (χ3n) is 3.14. The molecule has 2 heterocycles. The number of nitrogens with one attached hydrogen (secondary N) is 1. The van der Waals surface area contributed by atoms with E-state index in [0.29, 0.717) is 18.2 Å². The second kappa shape index (κ2) is 7.89. The molecule has 0 aliphatic heterocycles. The topological polar surface area (TPSA) is 52.0 Å². The summed E-state index contributed by atoms with van der Waals surface area (Å²) in [6.45, 7) is 6.32. The summed E-state index contributed by atoms with van der Waals surface area (Å²) in [6, 6.07) is -0.0400. The smallest absolute Gasteiger partial charge is 0.0945 e. The lowest BCUT2D eigenvalue weighted by Gasteiger charge is -2.19. The van der Waals surface area contributed by atoms with Crippen molar-refractivity contribution >= 4 is 22.9 Å². The van der Waals surface area contributed by atoms with Crippen LogP contribution >= 0.6 is 22.9 Å². The van der Waals surface area contributed by atoms with Crippen molar-refractivity contribution in [1.29, 1.82) is 0 Å². The minimum atomic E-state index is -0.0400. The zero-order valence-electron chi connectivity index (χ0n) is 12.6. The van der Waals surface area contributed by atoms with Gasteiger partial charge in [-0.15, -0.1) is 11.3 Å². The van der Waals surface area contributed by atoms with Gasteiger partial charge in [-0.1, -0.05) is 18.5 Å². The predicted octanol–water partition coefficient (Wildman–Crippen LogP) is 3.04. The van der Waals surface area contributed by atoms with E-state index in [1.54, 1.807) is 24.6 Å². The number of nitrogens with zero attached hydrogens (tertiary/aromatic N) is 3. The molecule has 0 fully saturated rings. The van der Waals surface area contributed by atoms with Crippen LogP contribution in [0.2, 0.25) is 5.02 Å². The second-order valence-corrected chi connectivity index (χ2v) is 6.24. The number of hydrogen-bond donors (Lipinski definition) is 1. The molecular weight excluding hydrogens is 308 g/mol. The Morgan fingerprint density at radius 2 is 2.33 bits per heavy atom. The Bertz CT molecular complexity index is 569. The first-order valence-electron chi connectivity index (χ1n) is 7.03. The Kier molecular flexibility index (Phi) is 6.17. The van der Waals surface area contributed by atoms with Crippen LogP contribution in [0.25, 0.3) is 0 Å². The fraction of sp³-hybridized carbons (Fsp3) is 0.571. The molecule has 2 rings (SSSR count). The molecule has 21 heavy (non-hydrogen) atoms. The molecule has 116 valence electrons. The van der Waals surface area contributed by atoms with Gasteiger partial charge in [-0.2, -0.15) is 5.10 Å². The van der Waals surface area contributed by atoms with Crippen LogP contribution in [-0.2, 0) is 11.3 Å². The Balaban J connectivity index is 2.33. The van der Waals surface area contributed by atoms with Crippen molar-refractivity contribution in [1.82, 2.24) is 20.1 Å². The standard InChI is InChI=1S/C14H21ClN4OS/c1-4-5-16-13(12-9-21-10(2)18-12)14-11(15)8-17-19(14)6-7-20-3/h8-9,13,16H,4-7H2,1-3H3. The molecule has 2 aromatic rings. The summed E-state index contributed by atoms with van der Waals surface area (Å²) in [6.07, 6.45) is 2.73. The highest BCUT2D eigenvalue weighted by Gasteiger charge is 2.23. The molecule has 0 spiro atoms. The van der Waals surface area contributed by atoms with Crippen molar-refractivity contribution in [2.75, 3.05) is 20.3 Å². The maximum absolute atomic E-state index is 6.37. The Hall–Kier alpha value is -0.950. The largest absolute Gasteiger partial charge is 0.383 e. The minimum absolute atomic E-state index is 0.0400. The van der Waals surface area contributed by atoms with Crippen LogP contribution < -0.4 is 5.32 Å². The van der Waals surface area contributed by atoms with E-state index in [1.807, 2.05) is 11.6 Å². The fourth-order valence-corrected chi connectivity index (χ4v) is 3.05. The number of rotatable bonds is 8. The lowest BCUT2D eigenvalue weighted by molar-refractivity contribution is 0.182. The molecule has 7 heteroatoms. The number of methoxy groups -OCH3 is 1. The van der Waals surface area contributed by atoms with Gasteiger partial charge in [0.15, 0.2) is 0 Å². The summed E-state index contributed by atoms with van der Waals surface area (Å²) in [5, 5.41) is 11.7. The predicted molar refractivity (Wildman–Crippen MR) is 86.1 cm³/mol. The van der Waals surface area contributed by atoms with Crippen molar-refractivity contribution in [3.8, 4) is 0 Å². The maximum Gasteiger partial charge on any atom is 0.0945 e. The number of aryl methyl sites for hydroxylation is 1. The average molecular weight is 329 g/mol. The summed E-state index contributed by atoms with van der Waals surface area (Å²) in [4.78, 5) is 4.61. The molecule has 0 aromatic carbocycles. The van der Waals surface area contributed by atoms with Gasteiger partial charge in [-0.3, -0.25) is 4.68 Å². The van der Waals surface area contributed by atoms with Crippen LogP contribution in [0.4, 0.5) is 0 Å². The highest BCUT2D eigenvalue weighted by atomic mass is 35.5. The lowest BCUT2D eigenvalue weighted by atomic mass is 10.1. The van der Waals surface area contributed by atoms with E-state index in [4.69, 9.17) is 16.3 Å². The van der Waals surface area contributed by atoms with Crippen molar-refractivity contribution < 1.29 is 4.74 Å². The molecule has 0 aliphatic carbocycles. The highest BCUT2D eigenvalue weighted by molar-refractivity contribution is 7.09. The number of aromatic nitrogens is 3. The van der Waals surface area contributed by atoms with E-state index in [9.17, 15) is 0 Å². The highest BCUT2D eigenvalue weighted by Crippen LogP contribution is 2.29. The van der Waals surface area contributed by atoms with Gasteiger partial charge in [0.2, 0.25) is 0 Å². The van der Waals surface area contributed by atoms with Gasteiger partial charge < -0.3 is 10.1 Å². The van der Waals surface area contributed by atoms with Crippen LogP contribution in [0.15, 0.2) is 11.6 Å². The first-order chi connectivity index (χ1) is 10.2. The molecule has 1 atom stereocenters. The lowest BCUT2D eigenvalue weighted by Crippen LogP contribution is -2.27. The molecule has 0 radical (unpaired) electrons. The Morgan fingerprint density at radius 1 is 1.52 bits per heavy atom. The molecule has 0 amide bonds. The van der Waals surface area contributed by atoms with E-state index in [-0.39, 0.29) is 6.04 Å². The zero-order chi connectivity index (χ0) is 15.2. The van der Waals surface area contributed by atoms with Gasteiger partial charge in [0, 0.05) is 12.5 Å². The Labute approximate surface area is 134 Å². The quantitative estimate of drug-likeness (QED) is 0.809. The fourth-order valence-electron chi connectivity index (χ4n) is 2.16. The molecule has 1 unspecified atom stereocenters. The normalized spacial score (nSPS) is 12.8. The monoisotopic (exact) mass is 328 g/mol. The molecule has 0 aliphatic rings. The number of ether oxygens (including phenoxy) is 1. The maximum atomic E-state index is 6.37. The zero-order valence-corrected chi connectivity index (χ0v) is 14.2. The summed E-state index contributed by atoms with van der Waals surface area (Å²) in [5.74, 6) is 0. The first-order valence-corrected chi connectivity index (χ1v) is 8.28. The Morgan fingerprint density at radius 3 is 2.95 bits per heavy atom. The number of halogens is 1. The van der Waals surface area contributed by atoms with Gasteiger partial charge >= 0.3 is 0 Å². The molecule has 1 N–H and O–H groups in total. The van der Waals surface area contributed by atoms with E-state index in [2.05, 4.69) is 27.7 Å². The molecule has 0 saturated heterocycles. The van der Waals surface area contributed by atoms with Crippen molar-refractivity contribution in [3.63, 3.8) is 0 Å². The van der Waals surface area contributed by atoms with Crippen LogP contribution in [-0.4, -0.2) is 35.0 Å². The second-order valence-electron chi connectivity index (χ2n) is 4.77. The van der Waals surface area contributed by atoms with E-state index in [0.717, 1.165) is 29.4 Å². The van der Waals surface area contributed by atoms with Gasteiger partial charge in [-0.25, -0.2) is 4.98 Å². The van der Waals surface area contributed by atoms with Gasteiger partial charge in [0.05, 0.1) is 46.8 Å². The number of hydrogen-bond acceptors (Lipinski definition) is 5. The summed E-state index contributed by atoms with van der Waals surface area (Å²) in [7, 11) is 1.68.